The molecule has 0 saturated carbocycles. The van der Waals surface area contributed by atoms with Crippen LogP contribution >= 0.6 is 11.6 Å². The van der Waals surface area contributed by atoms with Crippen molar-refractivity contribution in [2.24, 2.45) is 0 Å². The fourth-order valence-electron chi connectivity index (χ4n) is 2.02. The predicted molar refractivity (Wildman–Crippen MR) is 82.6 cm³/mol. The van der Waals surface area contributed by atoms with Gasteiger partial charge in [0.2, 0.25) is 5.91 Å². The maximum absolute atomic E-state index is 12.0. The first-order valence-corrected chi connectivity index (χ1v) is 6.81. The molecule has 0 aliphatic heterocycles. The second-order valence-corrected chi connectivity index (χ2v) is 5.20. The van der Waals surface area contributed by atoms with Crippen molar-refractivity contribution in [3.63, 3.8) is 0 Å². The molecule has 4 heteroatoms. The molecule has 0 unspecified atom stereocenters. The predicted octanol–water partition coefficient (Wildman–Crippen LogP) is 3.34. The molecule has 0 radical (unpaired) electrons. The second-order valence-electron chi connectivity index (χ2n) is 4.76. The molecule has 0 saturated heterocycles. The number of rotatable bonds is 4. The number of carbonyl (C=O) groups excluding carboxylic acids is 1. The van der Waals surface area contributed by atoms with Crippen LogP contribution in [0.4, 0.5) is 5.69 Å². The minimum Gasteiger partial charge on any atom is -0.399 e. The summed E-state index contributed by atoms with van der Waals surface area (Å²) in [5.74, 6) is -0.0296. The Morgan fingerprint density at radius 3 is 2.60 bits per heavy atom. The Morgan fingerprint density at radius 1 is 1.25 bits per heavy atom. The number of benzene rings is 2. The van der Waals surface area contributed by atoms with Crippen molar-refractivity contribution in [1.29, 1.82) is 0 Å². The number of halogens is 1. The topological polar surface area (TPSA) is 55.1 Å². The maximum atomic E-state index is 12.0. The van der Waals surface area contributed by atoms with Gasteiger partial charge in [0, 0.05) is 10.7 Å². The standard InChI is InChI=1S/C16H17ClN2O/c1-11(13-5-7-14(17)8-6-13)19-16(20)10-12-3-2-4-15(18)9-12/h2-9,11H,10,18H2,1H3,(H,19,20)/t11-/m0/s1. The first-order valence-electron chi connectivity index (χ1n) is 6.44. The van der Waals surface area contributed by atoms with Crippen LogP contribution in [0.15, 0.2) is 48.5 Å². The molecule has 0 heterocycles. The highest BCUT2D eigenvalue weighted by Crippen LogP contribution is 2.16. The summed E-state index contributed by atoms with van der Waals surface area (Å²) in [6.07, 6.45) is 0.322. The van der Waals surface area contributed by atoms with Crippen LogP contribution in [0.5, 0.6) is 0 Å². The molecule has 104 valence electrons. The lowest BCUT2D eigenvalue weighted by Crippen LogP contribution is -2.28. The number of hydrogen-bond acceptors (Lipinski definition) is 2. The number of nitrogens with one attached hydrogen (secondary N) is 1. The zero-order chi connectivity index (χ0) is 14.5. The average Bonchev–Trinajstić information content (AvgIpc) is 2.39. The lowest BCUT2D eigenvalue weighted by atomic mass is 10.1. The van der Waals surface area contributed by atoms with E-state index in [9.17, 15) is 4.79 Å². The molecule has 1 atom stereocenters. The SMILES string of the molecule is C[C@H](NC(=O)Cc1cccc(N)c1)c1ccc(Cl)cc1. The van der Waals surface area contributed by atoms with E-state index in [4.69, 9.17) is 17.3 Å². The Balaban J connectivity index is 1.95. The molecule has 0 aliphatic carbocycles. The third-order valence-electron chi connectivity index (χ3n) is 3.06. The van der Waals surface area contributed by atoms with Crippen LogP contribution in [0.2, 0.25) is 5.02 Å². The zero-order valence-corrected chi connectivity index (χ0v) is 12.0. The van der Waals surface area contributed by atoms with Gasteiger partial charge in [-0.1, -0.05) is 35.9 Å². The number of nitrogens with two attached hydrogens (primary N) is 1. The lowest BCUT2D eigenvalue weighted by molar-refractivity contribution is -0.121. The number of carbonyl (C=O) groups is 1. The highest BCUT2D eigenvalue weighted by atomic mass is 35.5. The summed E-state index contributed by atoms with van der Waals surface area (Å²) in [5, 5.41) is 3.65. The van der Waals surface area contributed by atoms with E-state index in [1.807, 2.05) is 49.4 Å². The quantitative estimate of drug-likeness (QED) is 0.848. The highest BCUT2D eigenvalue weighted by molar-refractivity contribution is 6.30. The normalized spacial score (nSPS) is 11.9. The van der Waals surface area contributed by atoms with Gasteiger partial charge in [-0.3, -0.25) is 4.79 Å². The van der Waals surface area contributed by atoms with E-state index in [0.29, 0.717) is 17.1 Å². The minimum atomic E-state index is -0.0548. The van der Waals surface area contributed by atoms with Crippen molar-refractivity contribution >= 4 is 23.2 Å². The van der Waals surface area contributed by atoms with E-state index in [2.05, 4.69) is 5.32 Å². The molecule has 0 aromatic heterocycles. The van der Waals surface area contributed by atoms with Gasteiger partial charge in [0.15, 0.2) is 0 Å². The van der Waals surface area contributed by atoms with Crippen LogP contribution < -0.4 is 11.1 Å². The Morgan fingerprint density at radius 2 is 1.95 bits per heavy atom. The van der Waals surface area contributed by atoms with Crippen LogP contribution in [0.1, 0.15) is 24.1 Å². The Kier molecular flexibility index (Phi) is 4.64. The van der Waals surface area contributed by atoms with E-state index in [1.165, 1.54) is 0 Å². The molecular weight excluding hydrogens is 272 g/mol. The highest BCUT2D eigenvalue weighted by Gasteiger charge is 2.10. The van der Waals surface area contributed by atoms with Gasteiger partial charge in [-0.25, -0.2) is 0 Å². The van der Waals surface area contributed by atoms with Crippen molar-refractivity contribution in [2.45, 2.75) is 19.4 Å². The van der Waals surface area contributed by atoms with E-state index in [0.717, 1.165) is 11.1 Å². The van der Waals surface area contributed by atoms with Gasteiger partial charge in [0.05, 0.1) is 12.5 Å². The summed E-state index contributed by atoms with van der Waals surface area (Å²) < 4.78 is 0. The van der Waals surface area contributed by atoms with Gasteiger partial charge in [0.25, 0.3) is 0 Å². The van der Waals surface area contributed by atoms with Gasteiger partial charge in [0.1, 0.15) is 0 Å². The van der Waals surface area contributed by atoms with E-state index in [-0.39, 0.29) is 11.9 Å². The molecule has 2 rings (SSSR count). The smallest absolute Gasteiger partial charge is 0.224 e. The first kappa shape index (κ1) is 14.4. The van der Waals surface area contributed by atoms with Crippen LogP contribution in [0.3, 0.4) is 0 Å². The van der Waals surface area contributed by atoms with Gasteiger partial charge < -0.3 is 11.1 Å². The molecule has 1 amide bonds. The van der Waals surface area contributed by atoms with Crippen molar-refractivity contribution in [2.75, 3.05) is 5.73 Å². The van der Waals surface area contributed by atoms with Crippen molar-refractivity contribution in [1.82, 2.24) is 5.32 Å². The van der Waals surface area contributed by atoms with Gasteiger partial charge in [-0.2, -0.15) is 0 Å². The molecule has 0 bridgehead atoms. The Hall–Kier alpha value is -2.00. The molecular formula is C16H17ClN2O. The molecule has 3 nitrogen and oxygen atoms in total. The Bertz CT molecular complexity index is 596. The maximum Gasteiger partial charge on any atom is 0.224 e. The summed E-state index contributed by atoms with van der Waals surface area (Å²) in [6.45, 7) is 1.94. The molecule has 0 spiro atoms. The summed E-state index contributed by atoms with van der Waals surface area (Å²) in [6, 6.07) is 14.8. The molecule has 0 aliphatic rings. The largest absolute Gasteiger partial charge is 0.399 e. The zero-order valence-electron chi connectivity index (χ0n) is 11.3. The summed E-state index contributed by atoms with van der Waals surface area (Å²) >= 11 is 5.85. The third kappa shape index (κ3) is 4.00. The van der Waals surface area contributed by atoms with Crippen LogP contribution in [0, 0.1) is 0 Å². The number of amides is 1. The van der Waals surface area contributed by atoms with Crippen molar-refractivity contribution in [3.05, 3.63) is 64.7 Å². The van der Waals surface area contributed by atoms with E-state index in [1.54, 1.807) is 6.07 Å². The Labute approximate surface area is 123 Å². The van der Waals surface area contributed by atoms with E-state index < -0.39 is 0 Å². The van der Waals surface area contributed by atoms with Gasteiger partial charge in [-0.15, -0.1) is 0 Å². The summed E-state index contributed by atoms with van der Waals surface area (Å²) in [7, 11) is 0. The third-order valence-corrected chi connectivity index (χ3v) is 3.32. The fourth-order valence-corrected chi connectivity index (χ4v) is 2.14. The monoisotopic (exact) mass is 288 g/mol. The summed E-state index contributed by atoms with van der Waals surface area (Å²) in [4.78, 5) is 12.0. The van der Waals surface area contributed by atoms with Crippen LogP contribution in [-0.4, -0.2) is 5.91 Å². The lowest BCUT2D eigenvalue weighted by Gasteiger charge is -2.14. The molecule has 0 fully saturated rings. The molecule has 3 N–H and O–H groups in total. The molecule has 2 aromatic rings. The van der Waals surface area contributed by atoms with Crippen molar-refractivity contribution < 1.29 is 4.79 Å². The second kappa shape index (κ2) is 6.44. The number of hydrogen-bond donors (Lipinski definition) is 2. The van der Waals surface area contributed by atoms with Crippen LogP contribution in [-0.2, 0) is 11.2 Å². The number of anilines is 1. The van der Waals surface area contributed by atoms with E-state index >= 15 is 0 Å². The van der Waals surface area contributed by atoms with Crippen LogP contribution in [0.25, 0.3) is 0 Å². The number of nitrogen functional groups attached to an aromatic ring is 1. The summed E-state index contributed by atoms with van der Waals surface area (Å²) in [5.41, 5.74) is 8.30. The van der Waals surface area contributed by atoms with Gasteiger partial charge >= 0.3 is 0 Å². The van der Waals surface area contributed by atoms with Crippen molar-refractivity contribution in [3.8, 4) is 0 Å². The van der Waals surface area contributed by atoms with Gasteiger partial charge in [-0.05, 0) is 42.3 Å². The fraction of sp³-hybridized carbons (Fsp3) is 0.188. The average molecular weight is 289 g/mol. The minimum absolute atomic E-state index is 0.0296. The molecule has 20 heavy (non-hydrogen) atoms. The first-order chi connectivity index (χ1) is 9.54. The molecule has 2 aromatic carbocycles.